The number of hydrogen-bond donors (Lipinski definition) is 2. The van der Waals surface area contributed by atoms with Gasteiger partial charge < -0.3 is 15.4 Å². The minimum absolute atomic E-state index is 0.102. The molecule has 0 bridgehead atoms. The van der Waals surface area contributed by atoms with Gasteiger partial charge in [-0.05, 0) is 31.9 Å². The zero-order valence-electron chi connectivity index (χ0n) is 13.2. The Balaban J connectivity index is 2.89. The van der Waals surface area contributed by atoms with Gasteiger partial charge in [-0.25, -0.2) is 4.39 Å². The third-order valence-corrected chi connectivity index (χ3v) is 3.23. The lowest BCUT2D eigenvalue weighted by atomic mass is 10.0. The second-order valence-electron chi connectivity index (χ2n) is 5.18. The Morgan fingerprint density at radius 1 is 1.33 bits per heavy atom. The number of ether oxygens (including phenoxy) is 1. The third kappa shape index (κ3) is 5.01. The summed E-state index contributed by atoms with van der Waals surface area (Å²) in [6.07, 6.45) is 0. The van der Waals surface area contributed by atoms with Crippen LogP contribution in [0.25, 0.3) is 0 Å². The first-order valence-electron chi connectivity index (χ1n) is 7.42. The summed E-state index contributed by atoms with van der Waals surface area (Å²) in [4.78, 5) is 12.4. The predicted molar refractivity (Wildman–Crippen MR) is 83.1 cm³/mol. The van der Waals surface area contributed by atoms with Gasteiger partial charge in [0.05, 0.1) is 23.9 Å². The number of nitrogens with one attached hydrogen (secondary N) is 2. The van der Waals surface area contributed by atoms with Crippen molar-refractivity contribution in [3.05, 3.63) is 29.6 Å². The number of anilines is 1. The number of para-hydroxylation sites is 1. The van der Waals surface area contributed by atoms with Crippen molar-refractivity contribution >= 4 is 11.6 Å². The van der Waals surface area contributed by atoms with E-state index in [2.05, 4.69) is 10.6 Å². The lowest BCUT2D eigenvalue weighted by molar-refractivity contribution is 0.0806. The van der Waals surface area contributed by atoms with E-state index in [1.165, 1.54) is 12.1 Å². The number of carbonyl (C=O) groups excluding carboxylic acids is 1. The molecular weight excluding hydrogens is 271 g/mol. The minimum atomic E-state index is -0.421. The highest BCUT2D eigenvalue weighted by Gasteiger charge is 2.20. The molecule has 0 aliphatic rings. The molecule has 5 heteroatoms. The van der Waals surface area contributed by atoms with Gasteiger partial charge in [0.1, 0.15) is 5.82 Å². The Morgan fingerprint density at radius 3 is 2.62 bits per heavy atom. The second-order valence-corrected chi connectivity index (χ2v) is 5.18. The molecule has 1 aromatic carbocycles. The van der Waals surface area contributed by atoms with E-state index in [1.54, 1.807) is 6.07 Å². The van der Waals surface area contributed by atoms with Crippen LogP contribution >= 0.6 is 0 Å². The third-order valence-electron chi connectivity index (χ3n) is 3.23. The zero-order chi connectivity index (χ0) is 15.8. The van der Waals surface area contributed by atoms with Crippen molar-refractivity contribution in [2.24, 2.45) is 5.92 Å². The maximum atomic E-state index is 13.8. The van der Waals surface area contributed by atoms with Crippen LogP contribution in [-0.2, 0) is 4.74 Å². The van der Waals surface area contributed by atoms with Gasteiger partial charge in [0.2, 0.25) is 0 Å². The zero-order valence-corrected chi connectivity index (χ0v) is 13.2. The summed E-state index contributed by atoms with van der Waals surface area (Å²) in [6, 6.07) is 4.40. The average Bonchev–Trinajstić information content (AvgIpc) is 2.45. The van der Waals surface area contributed by atoms with Crippen molar-refractivity contribution in [2.75, 3.05) is 25.1 Å². The molecule has 1 amide bonds. The lowest BCUT2D eigenvalue weighted by Gasteiger charge is -2.23. The molecule has 21 heavy (non-hydrogen) atoms. The van der Waals surface area contributed by atoms with E-state index in [9.17, 15) is 9.18 Å². The molecule has 4 nitrogen and oxygen atoms in total. The molecule has 1 rings (SSSR count). The van der Waals surface area contributed by atoms with Crippen molar-refractivity contribution in [1.29, 1.82) is 0 Å². The molecule has 1 unspecified atom stereocenters. The van der Waals surface area contributed by atoms with Gasteiger partial charge in [-0.2, -0.15) is 0 Å². The van der Waals surface area contributed by atoms with Gasteiger partial charge in [-0.15, -0.1) is 0 Å². The Morgan fingerprint density at radius 2 is 2.05 bits per heavy atom. The summed E-state index contributed by atoms with van der Waals surface area (Å²) >= 11 is 0. The van der Waals surface area contributed by atoms with E-state index in [4.69, 9.17) is 4.74 Å². The van der Waals surface area contributed by atoms with Gasteiger partial charge in [-0.1, -0.05) is 19.9 Å². The monoisotopic (exact) mass is 296 g/mol. The molecular formula is C16H25FN2O2. The van der Waals surface area contributed by atoms with Gasteiger partial charge in [-0.3, -0.25) is 4.79 Å². The van der Waals surface area contributed by atoms with Crippen molar-refractivity contribution in [2.45, 2.75) is 33.7 Å². The van der Waals surface area contributed by atoms with E-state index in [1.807, 2.05) is 27.7 Å². The smallest absolute Gasteiger partial charge is 0.253 e. The molecule has 0 saturated carbocycles. The standard InChI is InChI=1S/C16H25FN2O2/c1-5-18-15-12(8-7-9-13(15)17)16(20)19-14(11(3)4)10-21-6-2/h7-9,11,14,18H,5-6,10H2,1-4H3,(H,19,20). The minimum Gasteiger partial charge on any atom is -0.382 e. The fraction of sp³-hybridized carbons (Fsp3) is 0.562. The molecule has 118 valence electrons. The highest BCUT2D eigenvalue weighted by Crippen LogP contribution is 2.20. The SMILES string of the molecule is CCNc1c(F)cccc1C(=O)NC(COCC)C(C)C. The fourth-order valence-electron chi connectivity index (χ4n) is 1.96. The molecule has 0 aliphatic heterocycles. The number of carbonyl (C=O) groups is 1. The summed E-state index contributed by atoms with van der Waals surface area (Å²) in [5.74, 6) is -0.476. The summed E-state index contributed by atoms with van der Waals surface area (Å²) in [7, 11) is 0. The van der Waals surface area contributed by atoms with Gasteiger partial charge in [0, 0.05) is 13.2 Å². The topological polar surface area (TPSA) is 50.4 Å². The van der Waals surface area contributed by atoms with Gasteiger partial charge in [0.25, 0.3) is 5.91 Å². The van der Waals surface area contributed by atoms with Crippen molar-refractivity contribution < 1.29 is 13.9 Å². The van der Waals surface area contributed by atoms with Crippen LogP contribution in [-0.4, -0.2) is 31.7 Å². The van der Waals surface area contributed by atoms with Crippen LogP contribution in [0.15, 0.2) is 18.2 Å². The van der Waals surface area contributed by atoms with Crippen molar-refractivity contribution in [3.63, 3.8) is 0 Å². The maximum absolute atomic E-state index is 13.8. The van der Waals surface area contributed by atoms with E-state index in [0.29, 0.717) is 25.3 Å². The molecule has 0 fully saturated rings. The van der Waals surface area contributed by atoms with Crippen LogP contribution < -0.4 is 10.6 Å². The number of amides is 1. The molecule has 2 N–H and O–H groups in total. The molecule has 1 aromatic rings. The van der Waals surface area contributed by atoms with Gasteiger partial charge >= 0.3 is 0 Å². The Hall–Kier alpha value is -1.62. The van der Waals surface area contributed by atoms with Gasteiger partial charge in [0.15, 0.2) is 0 Å². The summed E-state index contributed by atoms with van der Waals surface area (Å²) in [5.41, 5.74) is 0.565. The van der Waals surface area contributed by atoms with E-state index < -0.39 is 5.82 Å². The van der Waals surface area contributed by atoms with E-state index >= 15 is 0 Å². The van der Waals surface area contributed by atoms with Crippen LogP contribution in [0.2, 0.25) is 0 Å². The Kier molecular flexibility index (Phi) is 7.15. The lowest BCUT2D eigenvalue weighted by Crippen LogP contribution is -2.42. The average molecular weight is 296 g/mol. The molecule has 0 heterocycles. The maximum Gasteiger partial charge on any atom is 0.253 e. The van der Waals surface area contributed by atoms with Crippen LogP contribution in [0, 0.1) is 11.7 Å². The van der Waals surface area contributed by atoms with Crippen LogP contribution in [0.3, 0.4) is 0 Å². The molecule has 0 aromatic heterocycles. The summed E-state index contributed by atoms with van der Waals surface area (Å²) in [6.45, 7) is 9.40. The molecule has 0 saturated heterocycles. The second kappa shape index (κ2) is 8.62. The summed E-state index contributed by atoms with van der Waals surface area (Å²) < 4.78 is 19.2. The molecule has 1 atom stereocenters. The highest BCUT2D eigenvalue weighted by atomic mass is 19.1. The predicted octanol–water partition coefficient (Wildman–Crippen LogP) is 3.05. The van der Waals surface area contributed by atoms with Crippen molar-refractivity contribution in [3.8, 4) is 0 Å². The van der Waals surface area contributed by atoms with Crippen molar-refractivity contribution in [1.82, 2.24) is 5.32 Å². The van der Waals surface area contributed by atoms with E-state index in [0.717, 1.165) is 0 Å². The Labute approximate surface area is 126 Å². The van der Waals surface area contributed by atoms with Crippen LogP contribution in [0.1, 0.15) is 38.1 Å². The van der Waals surface area contributed by atoms with Crippen LogP contribution in [0.5, 0.6) is 0 Å². The number of halogens is 1. The number of benzene rings is 1. The first-order chi connectivity index (χ1) is 10.0. The molecule has 0 spiro atoms. The quantitative estimate of drug-likeness (QED) is 0.775. The van der Waals surface area contributed by atoms with Crippen LogP contribution in [0.4, 0.5) is 10.1 Å². The molecule has 0 radical (unpaired) electrons. The number of hydrogen-bond acceptors (Lipinski definition) is 3. The fourth-order valence-corrected chi connectivity index (χ4v) is 1.96. The summed E-state index contributed by atoms with van der Waals surface area (Å²) in [5, 5.41) is 5.83. The first-order valence-corrected chi connectivity index (χ1v) is 7.42. The number of rotatable bonds is 8. The first kappa shape index (κ1) is 17.4. The normalized spacial score (nSPS) is 12.3. The highest BCUT2D eigenvalue weighted by molar-refractivity contribution is 5.99. The Bertz CT molecular complexity index is 464. The molecule has 0 aliphatic carbocycles. The largest absolute Gasteiger partial charge is 0.382 e. The van der Waals surface area contributed by atoms with E-state index in [-0.39, 0.29) is 23.6 Å².